The molecule has 2 nitrogen and oxygen atoms in total. The van der Waals surface area contributed by atoms with Crippen LogP contribution in [0.25, 0.3) is 110 Å². The summed E-state index contributed by atoms with van der Waals surface area (Å²) in [6.45, 7) is 0. The smallest absolute Gasteiger partial charge is 0.0978 e. The summed E-state index contributed by atoms with van der Waals surface area (Å²) in [5.74, 6) is 0. The van der Waals surface area contributed by atoms with Gasteiger partial charge in [0.15, 0.2) is 0 Å². The maximum atomic E-state index is 5.31. The van der Waals surface area contributed by atoms with Gasteiger partial charge in [0, 0.05) is 22.5 Å². The third kappa shape index (κ3) is 5.42. The van der Waals surface area contributed by atoms with Gasteiger partial charge in [-0.05, 0) is 107 Å². The summed E-state index contributed by atoms with van der Waals surface area (Å²) in [6, 6.07) is 72.2. The van der Waals surface area contributed by atoms with Gasteiger partial charge in [-0.1, -0.05) is 170 Å². The molecule has 0 aliphatic heterocycles. The van der Waals surface area contributed by atoms with Crippen molar-refractivity contribution >= 4 is 54.1 Å². The Labute approximate surface area is 325 Å². The number of hydrogen-bond acceptors (Lipinski definition) is 2. The fourth-order valence-corrected chi connectivity index (χ4v) is 8.52. The van der Waals surface area contributed by atoms with Gasteiger partial charge in [-0.25, -0.2) is 4.98 Å². The van der Waals surface area contributed by atoms with Gasteiger partial charge in [-0.15, -0.1) is 0 Å². The van der Waals surface area contributed by atoms with Crippen LogP contribution >= 0.6 is 0 Å². The lowest BCUT2D eigenvalue weighted by atomic mass is 9.89. The van der Waals surface area contributed by atoms with Crippen molar-refractivity contribution in [3.05, 3.63) is 206 Å². The van der Waals surface area contributed by atoms with Crippen LogP contribution in [0.15, 0.2) is 206 Å². The number of rotatable bonds is 5. The number of aromatic nitrogens is 2. The highest BCUT2D eigenvalue weighted by atomic mass is 14.8. The Balaban J connectivity index is 1.07. The summed E-state index contributed by atoms with van der Waals surface area (Å²) in [5, 5.41) is 9.64. The van der Waals surface area contributed by atoms with Crippen molar-refractivity contribution in [1.29, 1.82) is 0 Å². The van der Waals surface area contributed by atoms with E-state index < -0.39 is 0 Å². The Morgan fingerprint density at radius 2 is 0.839 bits per heavy atom. The Bertz CT molecular complexity index is 3280. The lowest BCUT2D eigenvalue weighted by molar-refractivity contribution is 1.37. The number of benzene rings is 9. The Kier molecular flexibility index (Phi) is 7.53. The molecule has 0 spiro atoms. The second-order valence-corrected chi connectivity index (χ2v) is 14.6. The maximum Gasteiger partial charge on any atom is 0.0978 e. The number of pyridine rings is 2. The minimum absolute atomic E-state index is 0.906. The van der Waals surface area contributed by atoms with Gasteiger partial charge < -0.3 is 0 Å². The lowest BCUT2D eigenvalue weighted by Gasteiger charge is -2.16. The zero-order valence-corrected chi connectivity index (χ0v) is 30.5. The molecular formula is C54H34N2. The molecule has 0 fully saturated rings. The highest BCUT2D eigenvalue weighted by Gasteiger charge is 2.17. The first-order valence-electron chi connectivity index (χ1n) is 19.1. The molecule has 0 amide bonds. The van der Waals surface area contributed by atoms with Gasteiger partial charge >= 0.3 is 0 Å². The first-order chi connectivity index (χ1) is 27.7. The van der Waals surface area contributed by atoms with Crippen LogP contribution in [0, 0.1) is 0 Å². The molecule has 2 aromatic heterocycles. The number of fused-ring (bicyclic) bond motifs is 6. The van der Waals surface area contributed by atoms with Gasteiger partial charge in [0.1, 0.15) is 0 Å². The maximum absolute atomic E-state index is 5.31. The second-order valence-electron chi connectivity index (χ2n) is 14.6. The van der Waals surface area contributed by atoms with E-state index in [2.05, 4.69) is 200 Å². The van der Waals surface area contributed by atoms with Crippen LogP contribution in [-0.2, 0) is 0 Å². The van der Waals surface area contributed by atoms with Crippen LogP contribution in [-0.4, -0.2) is 9.97 Å². The Hall–Kier alpha value is -7.42. The fraction of sp³-hybridized carbons (Fsp3) is 0. The molecule has 0 saturated heterocycles. The molecule has 0 radical (unpaired) electrons. The van der Waals surface area contributed by atoms with Crippen molar-refractivity contribution in [2.24, 2.45) is 0 Å². The predicted octanol–water partition coefficient (Wildman–Crippen LogP) is 14.6. The number of nitrogens with zero attached hydrogens (tertiary/aromatic N) is 2. The van der Waals surface area contributed by atoms with E-state index in [0.717, 1.165) is 49.8 Å². The van der Waals surface area contributed by atoms with Crippen molar-refractivity contribution in [1.82, 2.24) is 9.97 Å². The van der Waals surface area contributed by atoms with E-state index in [1.165, 1.54) is 60.1 Å². The molecule has 2 heteroatoms. The van der Waals surface area contributed by atoms with E-state index in [9.17, 15) is 0 Å². The summed E-state index contributed by atoms with van der Waals surface area (Å²) in [6.07, 6.45) is 1.91. The summed E-state index contributed by atoms with van der Waals surface area (Å²) in [7, 11) is 0. The Morgan fingerprint density at radius 1 is 0.286 bits per heavy atom. The van der Waals surface area contributed by atoms with Crippen molar-refractivity contribution in [3.8, 4) is 55.8 Å². The van der Waals surface area contributed by atoms with E-state index in [-0.39, 0.29) is 0 Å². The first-order valence-corrected chi connectivity index (χ1v) is 19.1. The molecule has 0 aliphatic rings. The second kappa shape index (κ2) is 13.2. The average Bonchev–Trinajstić information content (AvgIpc) is 3.28. The lowest BCUT2D eigenvalue weighted by Crippen LogP contribution is -1.94. The fourth-order valence-electron chi connectivity index (χ4n) is 8.52. The zero-order valence-electron chi connectivity index (χ0n) is 30.5. The van der Waals surface area contributed by atoms with Crippen LogP contribution in [0.5, 0.6) is 0 Å². The summed E-state index contributed by atoms with van der Waals surface area (Å²) in [5.41, 5.74) is 13.3. The van der Waals surface area contributed by atoms with E-state index >= 15 is 0 Å². The van der Waals surface area contributed by atoms with Crippen LogP contribution in [0.3, 0.4) is 0 Å². The standard InChI is InChI=1S/C54H34N2/c1-3-12-36(13-4-1)45-29-30-55-53-48(45)27-28-49-50(34-51(56-54(49)53)38-14-5-2-6-15-38)37-20-22-39(23-21-37)52-46-18-10-9-17-43(46)33-44-32-42(25-26-47(44)52)41-24-19-35-11-7-8-16-40(35)31-41/h1-34H. The molecule has 260 valence electrons. The largest absolute Gasteiger partial charge is 0.254 e. The molecule has 11 aromatic rings. The minimum Gasteiger partial charge on any atom is -0.254 e. The van der Waals surface area contributed by atoms with Crippen molar-refractivity contribution < 1.29 is 0 Å². The van der Waals surface area contributed by atoms with Crippen LogP contribution in [0.2, 0.25) is 0 Å². The Morgan fingerprint density at radius 3 is 1.62 bits per heavy atom. The molecule has 9 aromatic carbocycles. The monoisotopic (exact) mass is 710 g/mol. The quantitative estimate of drug-likeness (QED) is 0.131. The zero-order chi connectivity index (χ0) is 37.0. The van der Waals surface area contributed by atoms with E-state index in [4.69, 9.17) is 9.97 Å². The average molecular weight is 711 g/mol. The van der Waals surface area contributed by atoms with Gasteiger partial charge in [0.25, 0.3) is 0 Å². The molecule has 0 aliphatic carbocycles. The van der Waals surface area contributed by atoms with Gasteiger partial charge in [0.2, 0.25) is 0 Å². The van der Waals surface area contributed by atoms with E-state index in [1.54, 1.807) is 0 Å². The molecule has 0 bridgehead atoms. The van der Waals surface area contributed by atoms with Gasteiger partial charge in [-0.2, -0.15) is 0 Å². The van der Waals surface area contributed by atoms with Gasteiger partial charge in [0.05, 0.1) is 16.7 Å². The third-order valence-corrected chi connectivity index (χ3v) is 11.3. The molecule has 0 saturated carbocycles. The SMILES string of the molecule is c1ccc(-c2cc(-c3ccc(-c4c5ccccc5cc5cc(-c6ccc7ccccc7c6)ccc45)cc3)c3ccc4c(-c5ccccc5)ccnc4c3n2)cc1. The highest BCUT2D eigenvalue weighted by Crippen LogP contribution is 2.41. The van der Waals surface area contributed by atoms with Gasteiger partial charge in [-0.3, -0.25) is 4.98 Å². The minimum atomic E-state index is 0.906. The van der Waals surface area contributed by atoms with Crippen LogP contribution in [0.1, 0.15) is 0 Å². The van der Waals surface area contributed by atoms with E-state index in [0.29, 0.717) is 0 Å². The highest BCUT2D eigenvalue weighted by molar-refractivity contribution is 6.15. The van der Waals surface area contributed by atoms with Crippen molar-refractivity contribution in [2.75, 3.05) is 0 Å². The predicted molar refractivity (Wildman–Crippen MR) is 237 cm³/mol. The molecule has 2 heterocycles. The van der Waals surface area contributed by atoms with Crippen molar-refractivity contribution in [3.63, 3.8) is 0 Å². The van der Waals surface area contributed by atoms with E-state index in [1.807, 2.05) is 6.20 Å². The molecule has 56 heavy (non-hydrogen) atoms. The summed E-state index contributed by atoms with van der Waals surface area (Å²) < 4.78 is 0. The molecule has 11 rings (SSSR count). The molecule has 0 atom stereocenters. The summed E-state index contributed by atoms with van der Waals surface area (Å²) >= 11 is 0. The van der Waals surface area contributed by atoms with Crippen LogP contribution in [0.4, 0.5) is 0 Å². The van der Waals surface area contributed by atoms with Crippen LogP contribution < -0.4 is 0 Å². The first kappa shape index (κ1) is 32.0. The molecular weight excluding hydrogens is 677 g/mol. The molecule has 0 unspecified atom stereocenters. The third-order valence-electron chi connectivity index (χ3n) is 11.3. The van der Waals surface area contributed by atoms with Crippen molar-refractivity contribution in [2.45, 2.75) is 0 Å². The number of hydrogen-bond donors (Lipinski definition) is 0. The topological polar surface area (TPSA) is 25.8 Å². The summed E-state index contributed by atoms with van der Waals surface area (Å²) in [4.78, 5) is 10.3. The normalized spacial score (nSPS) is 11.6. The molecule has 0 N–H and O–H groups in total.